The number of nitrogens with one attached hydrogen (secondary N) is 1. The Kier molecular flexibility index (Phi) is 5.90. The number of allylic oxidation sites excluding steroid dienone is 1. The summed E-state index contributed by atoms with van der Waals surface area (Å²) in [5.41, 5.74) is 9.55. The van der Waals surface area contributed by atoms with Gasteiger partial charge in [0.2, 0.25) is 11.8 Å². The highest BCUT2D eigenvalue weighted by atomic mass is 16.5. The van der Waals surface area contributed by atoms with Crippen LogP contribution in [0.2, 0.25) is 0 Å². The first-order valence-electron chi connectivity index (χ1n) is 10.3. The van der Waals surface area contributed by atoms with Crippen molar-refractivity contribution in [2.24, 2.45) is 5.73 Å². The van der Waals surface area contributed by atoms with E-state index in [0.29, 0.717) is 36.2 Å². The molecule has 3 N–H and O–H groups in total. The van der Waals surface area contributed by atoms with Crippen LogP contribution in [0.4, 0.5) is 0 Å². The van der Waals surface area contributed by atoms with E-state index < -0.39 is 5.92 Å². The van der Waals surface area contributed by atoms with E-state index in [-0.39, 0.29) is 5.88 Å². The van der Waals surface area contributed by atoms with Gasteiger partial charge < -0.3 is 24.7 Å². The van der Waals surface area contributed by atoms with Crippen molar-refractivity contribution in [3.05, 3.63) is 65.0 Å². The number of hydrogen-bond donors (Lipinski definition) is 2. The quantitative estimate of drug-likeness (QED) is 0.577. The fourth-order valence-corrected chi connectivity index (χ4v) is 3.82. The molecule has 0 bridgehead atoms. The Morgan fingerprint density at radius 3 is 2.50 bits per heavy atom. The monoisotopic (exact) mass is 432 g/mol. The Morgan fingerprint density at radius 2 is 1.84 bits per heavy atom. The highest BCUT2D eigenvalue weighted by Gasteiger charge is 2.36. The maximum atomic E-state index is 9.91. The molecular weight excluding hydrogens is 408 g/mol. The summed E-state index contributed by atoms with van der Waals surface area (Å²) in [7, 11) is 1.58. The second kappa shape index (κ2) is 8.94. The average molecular weight is 432 g/mol. The van der Waals surface area contributed by atoms with Gasteiger partial charge in [-0.1, -0.05) is 6.07 Å². The number of fused-ring (bicyclic) bond motifs is 1. The summed E-state index contributed by atoms with van der Waals surface area (Å²) >= 11 is 0. The molecule has 0 amide bonds. The number of hydrogen-bond acceptors (Lipinski definition) is 7. The van der Waals surface area contributed by atoms with E-state index in [9.17, 15) is 5.26 Å². The van der Waals surface area contributed by atoms with Crippen LogP contribution in [0, 0.1) is 11.3 Å². The molecule has 2 aromatic carbocycles. The lowest BCUT2D eigenvalue weighted by atomic mass is 9.83. The Morgan fingerprint density at radius 1 is 1.09 bits per heavy atom. The molecule has 32 heavy (non-hydrogen) atoms. The van der Waals surface area contributed by atoms with Gasteiger partial charge in [-0.25, -0.2) is 0 Å². The standard InChI is InChI=1S/C24H24N4O4/c1-4-30-16-9-6-14(7-10-16)22-21-20(17(13-25)23(26)32-24(21)28-27-22)15-8-11-18(31-5-2)19(12-15)29-3/h6-12,20H,4-5,26H2,1-3H3,(H,27,28). The number of methoxy groups -OCH3 is 1. The molecule has 0 spiro atoms. The van der Waals surface area contributed by atoms with Crippen molar-refractivity contribution in [3.8, 4) is 40.5 Å². The number of rotatable bonds is 7. The van der Waals surface area contributed by atoms with Gasteiger partial charge in [0.1, 0.15) is 17.4 Å². The minimum Gasteiger partial charge on any atom is -0.494 e. The Balaban J connectivity index is 1.85. The van der Waals surface area contributed by atoms with E-state index in [2.05, 4.69) is 16.3 Å². The first-order valence-corrected chi connectivity index (χ1v) is 10.3. The van der Waals surface area contributed by atoms with Crippen molar-refractivity contribution >= 4 is 0 Å². The van der Waals surface area contributed by atoms with Gasteiger partial charge in [0.05, 0.1) is 37.5 Å². The SMILES string of the molecule is CCOc1ccc(-c2[nH]nc3c2C(c2ccc(OCC)c(OC)c2)C(C#N)=C(N)O3)cc1. The largest absolute Gasteiger partial charge is 0.494 e. The molecule has 0 radical (unpaired) electrons. The van der Waals surface area contributed by atoms with Crippen LogP contribution in [0.1, 0.15) is 30.9 Å². The molecule has 1 atom stereocenters. The number of nitrogens with zero attached hydrogens (tertiary/aromatic N) is 2. The Labute approximate surface area is 186 Å². The van der Waals surface area contributed by atoms with Crippen molar-refractivity contribution in [2.45, 2.75) is 19.8 Å². The molecule has 8 heteroatoms. The van der Waals surface area contributed by atoms with Gasteiger partial charge in [0.15, 0.2) is 11.5 Å². The molecule has 164 valence electrons. The van der Waals surface area contributed by atoms with Gasteiger partial charge in [0, 0.05) is 5.56 Å². The fraction of sp³-hybridized carbons (Fsp3) is 0.250. The summed E-state index contributed by atoms with van der Waals surface area (Å²) in [6.07, 6.45) is 0. The van der Waals surface area contributed by atoms with Crippen LogP contribution in [0.5, 0.6) is 23.1 Å². The maximum absolute atomic E-state index is 9.91. The molecule has 0 saturated carbocycles. The zero-order valence-corrected chi connectivity index (χ0v) is 18.1. The van der Waals surface area contributed by atoms with Gasteiger partial charge in [-0.15, -0.1) is 5.10 Å². The molecule has 1 aromatic heterocycles. The van der Waals surface area contributed by atoms with Crippen LogP contribution in [-0.4, -0.2) is 30.5 Å². The molecule has 0 fully saturated rings. The van der Waals surface area contributed by atoms with Crippen LogP contribution < -0.4 is 24.7 Å². The molecular formula is C24H24N4O4. The Bertz CT molecular complexity index is 1190. The summed E-state index contributed by atoms with van der Waals surface area (Å²) in [5.74, 6) is 1.84. The van der Waals surface area contributed by atoms with E-state index in [0.717, 1.165) is 28.1 Å². The van der Waals surface area contributed by atoms with E-state index >= 15 is 0 Å². The van der Waals surface area contributed by atoms with E-state index in [1.165, 1.54) is 0 Å². The number of nitrogens with two attached hydrogens (primary N) is 1. The van der Waals surface area contributed by atoms with Crippen LogP contribution in [0.3, 0.4) is 0 Å². The molecule has 0 aliphatic carbocycles. The first-order chi connectivity index (χ1) is 15.6. The van der Waals surface area contributed by atoms with Crippen molar-refractivity contribution < 1.29 is 18.9 Å². The van der Waals surface area contributed by atoms with E-state index in [1.807, 2.05) is 56.3 Å². The fourth-order valence-electron chi connectivity index (χ4n) is 3.82. The highest BCUT2D eigenvalue weighted by molar-refractivity contribution is 5.71. The first kappa shape index (κ1) is 21.1. The number of H-pyrrole nitrogens is 1. The maximum Gasteiger partial charge on any atom is 0.244 e. The van der Waals surface area contributed by atoms with E-state index in [1.54, 1.807) is 7.11 Å². The number of benzene rings is 2. The lowest BCUT2D eigenvalue weighted by molar-refractivity contribution is 0.310. The highest BCUT2D eigenvalue weighted by Crippen LogP contribution is 2.47. The minimum atomic E-state index is -0.492. The van der Waals surface area contributed by atoms with Crippen LogP contribution in [-0.2, 0) is 0 Å². The Hall–Kier alpha value is -4.12. The summed E-state index contributed by atoms with van der Waals surface area (Å²) in [5, 5.41) is 17.3. The molecule has 3 aromatic rings. The number of aromatic nitrogens is 2. The van der Waals surface area contributed by atoms with Crippen molar-refractivity contribution in [2.75, 3.05) is 20.3 Å². The second-order valence-corrected chi connectivity index (χ2v) is 7.04. The van der Waals surface area contributed by atoms with Crippen LogP contribution in [0.25, 0.3) is 11.3 Å². The third kappa shape index (κ3) is 3.69. The van der Waals surface area contributed by atoms with Crippen LogP contribution in [0.15, 0.2) is 53.9 Å². The van der Waals surface area contributed by atoms with E-state index in [4.69, 9.17) is 24.7 Å². The van der Waals surface area contributed by atoms with Gasteiger partial charge in [-0.05, 0) is 55.8 Å². The molecule has 0 saturated heterocycles. The zero-order chi connectivity index (χ0) is 22.7. The number of nitriles is 1. The summed E-state index contributed by atoms with van der Waals surface area (Å²) in [6, 6.07) is 15.4. The molecule has 1 unspecified atom stereocenters. The molecule has 8 nitrogen and oxygen atoms in total. The number of ether oxygens (including phenoxy) is 4. The minimum absolute atomic E-state index is 0.0302. The summed E-state index contributed by atoms with van der Waals surface area (Å²) in [6.45, 7) is 4.94. The smallest absolute Gasteiger partial charge is 0.244 e. The summed E-state index contributed by atoms with van der Waals surface area (Å²) < 4.78 is 22.4. The predicted octanol–water partition coefficient (Wildman–Crippen LogP) is 4.10. The summed E-state index contributed by atoms with van der Waals surface area (Å²) in [4.78, 5) is 0. The van der Waals surface area contributed by atoms with Crippen molar-refractivity contribution in [1.82, 2.24) is 10.2 Å². The van der Waals surface area contributed by atoms with Gasteiger partial charge in [0.25, 0.3) is 0 Å². The van der Waals surface area contributed by atoms with Gasteiger partial charge >= 0.3 is 0 Å². The van der Waals surface area contributed by atoms with Gasteiger partial charge in [-0.2, -0.15) is 5.26 Å². The third-order valence-electron chi connectivity index (χ3n) is 5.21. The van der Waals surface area contributed by atoms with Crippen molar-refractivity contribution in [3.63, 3.8) is 0 Å². The predicted molar refractivity (Wildman–Crippen MR) is 119 cm³/mol. The molecule has 1 aliphatic rings. The number of aromatic amines is 1. The lowest BCUT2D eigenvalue weighted by Gasteiger charge is -2.24. The van der Waals surface area contributed by atoms with Crippen LogP contribution >= 0.6 is 0 Å². The molecule has 4 rings (SSSR count). The molecule has 1 aliphatic heterocycles. The average Bonchev–Trinajstić information content (AvgIpc) is 3.22. The molecule has 2 heterocycles. The lowest BCUT2D eigenvalue weighted by Crippen LogP contribution is -2.21. The second-order valence-electron chi connectivity index (χ2n) is 7.04. The van der Waals surface area contributed by atoms with Crippen molar-refractivity contribution in [1.29, 1.82) is 5.26 Å². The zero-order valence-electron chi connectivity index (χ0n) is 18.1. The third-order valence-corrected chi connectivity index (χ3v) is 5.21. The van der Waals surface area contributed by atoms with Gasteiger partial charge in [-0.3, -0.25) is 5.10 Å². The topological polar surface area (TPSA) is 115 Å². The normalized spacial score (nSPS) is 14.9.